The summed E-state index contributed by atoms with van der Waals surface area (Å²) < 4.78 is 39.3. The van der Waals surface area contributed by atoms with E-state index < -0.39 is 17.6 Å². The van der Waals surface area contributed by atoms with E-state index in [1.165, 1.54) is 23.0 Å². The number of carbonyl (C=O) groups excluding carboxylic acids is 2. The third kappa shape index (κ3) is 5.76. The van der Waals surface area contributed by atoms with Crippen molar-refractivity contribution in [2.24, 2.45) is 0 Å². The van der Waals surface area contributed by atoms with Crippen molar-refractivity contribution >= 4 is 17.5 Å². The third-order valence-corrected chi connectivity index (χ3v) is 5.36. The molecule has 1 aromatic heterocycles. The summed E-state index contributed by atoms with van der Waals surface area (Å²) in [6.45, 7) is 1.46. The molecule has 2 aromatic carbocycles. The number of hydrogen-bond donors (Lipinski definition) is 1. The van der Waals surface area contributed by atoms with E-state index in [1.807, 2.05) is 30.3 Å². The fourth-order valence-electron chi connectivity index (χ4n) is 3.62. The first-order valence-electron chi connectivity index (χ1n) is 10.6. The van der Waals surface area contributed by atoms with Crippen molar-refractivity contribution in [3.8, 4) is 11.4 Å². The molecule has 1 saturated heterocycles. The number of aromatic nitrogens is 4. The number of rotatable bonds is 6. The first-order chi connectivity index (χ1) is 16.3. The van der Waals surface area contributed by atoms with Crippen LogP contribution in [-0.2, 0) is 22.3 Å². The van der Waals surface area contributed by atoms with Gasteiger partial charge in [0.15, 0.2) is 0 Å². The summed E-state index contributed by atoms with van der Waals surface area (Å²) in [5.74, 6) is -0.298. The molecule has 0 bridgehead atoms. The second kappa shape index (κ2) is 10.00. The number of tetrazole rings is 1. The van der Waals surface area contributed by atoms with Gasteiger partial charge in [-0.25, -0.2) is 0 Å². The number of halogens is 3. The Morgan fingerprint density at radius 2 is 1.59 bits per heavy atom. The second-order valence-electron chi connectivity index (χ2n) is 7.76. The number of para-hydroxylation sites is 1. The maximum absolute atomic E-state index is 13.1. The molecule has 178 valence electrons. The molecule has 34 heavy (non-hydrogen) atoms. The Bertz CT molecular complexity index is 1140. The lowest BCUT2D eigenvalue weighted by molar-refractivity contribution is -0.137. The van der Waals surface area contributed by atoms with Gasteiger partial charge in [0.1, 0.15) is 6.54 Å². The highest BCUT2D eigenvalue weighted by Gasteiger charge is 2.33. The van der Waals surface area contributed by atoms with Crippen LogP contribution in [-0.4, -0.2) is 74.5 Å². The maximum Gasteiger partial charge on any atom is 0.418 e. The number of anilines is 1. The van der Waals surface area contributed by atoms with Crippen LogP contribution in [0.1, 0.15) is 5.56 Å². The average Bonchev–Trinajstić information content (AvgIpc) is 3.28. The van der Waals surface area contributed by atoms with Gasteiger partial charge in [0.05, 0.1) is 17.8 Å². The molecule has 4 rings (SSSR count). The molecule has 0 saturated carbocycles. The lowest BCUT2D eigenvalue weighted by Gasteiger charge is -2.34. The Hall–Kier alpha value is -3.80. The summed E-state index contributed by atoms with van der Waals surface area (Å²) in [6, 6.07) is 14.1. The van der Waals surface area contributed by atoms with E-state index in [0.717, 1.165) is 11.6 Å². The van der Waals surface area contributed by atoms with Crippen molar-refractivity contribution in [1.82, 2.24) is 30.0 Å². The zero-order valence-electron chi connectivity index (χ0n) is 18.1. The van der Waals surface area contributed by atoms with E-state index >= 15 is 0 Å². The molecule has 0 radical (unpaired) electrons. The van der Waals surface area contributed by atoms with Gasteiger partial charge in [0, 0.05) is 31.7 Å². The van der Waals surface area contributed by atoms with E-state index in [1.54, 1.807) is 9.80 Å². The standard InChI is InChI=1S/C22H22F3N7O2/c23-22(24,25)17-8-4-5-9-18(17)26-19(33)14-30-10-12-31(13-11-30)20(34)15-32-28-21(27-29-32)16-6-2-1-3-7-16/h1-9H,10-15H2,(H,26,33). The number of alkyl halides is 3. The number of amides is 2. The summed E-state index contributed by atoms with van der Waals surface area (Å²) >= 11 is 0. The number of piperazine rings is 1. The molecule has 0 aliphatic carbocycles. The molecule has 1 fully saturated rings. The molecule has 2 heterocycles. The zero-order valence-corrected chi connectivity index (χ0v) is 18.1. The lowest BCUT2D eigenvalue weighted by atomic mass is 10.1. The normalized spacial score (nSPS) is 14.7. The van der Waals surface area contributed by atoms with Gasteiger partial charge < -0.3 is 10.2 Å². The highest BCUT2D eigenvalue weighted by molar-refractivity contribution is 5.93. The Balaban J connectivity index is 1.26. The number of nitrogens with zero attached hydrogens (tertiary/aromatic N) is 6. The topological polar surface area (TPSA) is 96.3 Å². The lowest BCUT2D eigenvalue weighted by Crippen LogP contribution is -2.51. The molecule has 1 aliphatic heterocycles. The van der Waals surface area contributed by atoms with Gasteiger partial charge in [-0.05, 0) is 17.3 Å². The minimum atomic E-state index is -4.56. The van der Waals surface area contributed by atoms with E-state index in [0.29, 0.717) is 32.0 Å². The molecule has 0 spiro atoms. The van der Waals surface area contributed by atoms with Gasteiger partial charge in [-0.3, -0.25) is 14.5 Å². The Kier molecular flexibility index (Phi) is 6.87. The van der Waals surface area contributed by atoms with E-state index in [9.17, 15) is 22.8 Å². The van der Waals surface area contributed by atoms with Crippen LogP contribution in [0, 0.1) is 0 Å². The van der Waals surface area contributed by atoms with E-state index in [4.69, 9.17) is 0 Å². The molecule has 0 unspecified atom stereocenters. The smallest absolute Gasteiger partial charge is 0.338 e. The molecule has 12 heteroatoms. The number of carbonyl (C=O) groups is 2. The van der Waals surface area contributed by atoms with Crippen LogP contribution in [0.25, 0.3) is 11.4 Å². The van der Waals surface area contributed by atoms with Crippen molar-refractivity contribution in [2.75, 3.05) is 38.0 Å². The summed E-state index contributed by atoms with van der Waals surface area (Å²) in [4.78, 5) is 29.6. The molecule has 1 aliphatic rings. The van der Waals surface area contributed by atoms with Crippen LogP contribution in [0.2, 0.25) is 0 Å². The van der Waals surface area contributed by atoms with Crippen molar-refractivity contribution in [3.05, 3.63) is 60.2 Å². The second-order valence-corrected chi connectivity index (χ2v) is 7.76. The fraction of sp³-hybridized carbons (Fsp3) is 0.318. The highest BCUT2D eigenvalue weighted by atomic mass is 19.4. The Morgan fingerprint density at radius 3 is 2.29 bits per heavy atom. The molecule has 9 nitrogen and oxygen atoms in total. The first-order valence-corrected chi connectivity index (χ1v) is 10.6. The van der Waals surface area contributed by atoms with Crippen molar-refractivity contribution in [1.29, 1.82) is 0 Å². The van der Waals surface area contributed by atoms with Gasteiger partial charge >= 0.3 is 6.18 Å². The van der Waals surface area contributed by atoms with Gasteiger partial charge in [0.25, 0.3) is 0 Å². The van der Waals surface area contributed by atoms with Gasteiger partial charge in [-0.1, -0.05) is 42.5 Å². The van der Waals surface area contributed by atoms with Crippen LogP contribution in [0.3, 0.4) is 0 Å². The predicted octanol–water partition coefficient (Wildman–Crippen LogP) is 2.14. The monoisotopic (exact) mass is 473 g/mol. The van der Waals surface area contributed by atoms with E-state index in [-0.39, 0.29) is 24.7 Å². The van der Waals surface area contributed by atoms with Gasteiger partial charge in [-0.2, -0.15) is 18.0 Å². The Labute approximate surface area is 193 Å². The Morgan fingerprint density at radius 1 is 0.912 bits per heavy atom. The highest BCUT2D eigenvalue weighted by Crippen LogP contribution is 2.34. The first kappa shape index (κ1) is 23.4. The summed E-state index contributed by atoms with van der Waals surface area (Å²) in [5, 5.41) is 14.5. The minimum absolute atomic E-state index is 0.0610. The zero-order chi connectivity index (χ0) is 24.1. The number of hydrogen-bond acceptors (Lipinski definition) is 6. The maximum atomic E-state index is 13.1. The fourth-order valence-corrected chi connectivity index (χ4v) is 3.62. The molecule has 2 amide bonds. The minimum Gasteiger partial charge on any atom is -0.338 e. The molecule has 0 atom stereocenters. The summed E-state index contributed by atoms with van der Waals surface area (Å²) in [6.07, 6.45) is -4.56. The van der Waals surface area contributed by atoms with Crippen LogP contribution in [0.5, 0.6) is 0 Å². The van der Waals surface area contributed by atoms with Crippen LogP contribution >= 0.6 is 0 Å². The largest absolute Gasteiger partial charge is 0.418 e. The van der Waals surface area contributed by atoms with Crippen molar-refractivity contribution < 1.29 is 22.8 Å². The van der Waals surface area contributed by atoms with E-state index in [2.05, 4.69) is 20.7 Å². The van der Waals surface area contributed by atoms with Gasteiger partial charge in [-0.15, -0.1) is 10.2 Å². The molecule has 3 aromatic rings. The number of benzene rings is 2. The molecule has 1 N–H and O–H groups in total. The van der Waals surface area contributed by atoms with Crippen LogP contribution < -0.4 is 5.32 Å². The van der Waals surface area contributed by atoms with Crippen molar-refractivity contribution in [2.45, 2.75) is 12.7 Å². The third-order valence-electron chi connectivity index (χ3n) is 5.36. The SMILES string of the molecule is O=C(CN1CCN(C(=O)Cn2nnc(-c3ccccc3)n2)CC1)Nc1ccccc1C(F)(F)F. The van der Waals surface area contributed by atoms with Crippen molar-refractivity contribution in [3.63, 3.8) is 0 Å². The average molecular weight is 473 g/mol. The quantitative estimate of drug-likeness (QED) is 0.590. The van der Waals surface area contributed by atoms with Crippen LogP contribution in [0.15, 0.2) is 54.6 Å². The van der Waals surface area contributed by atoms with Crippen LogP contribution in [0.4, 0.5) is 18.9 Å². The summed E-state index contributed by atoms with van der Waals surface area (Å²) in [5.41, 5.74) is -0.370. The summed E-state index contributed by atoms with van der Waals surface area (Å²) in [7, 11) is 0. The van der Waals surface area contributed by atoms with Gasteiger partial charge in [0.2, 0.25) is 17.6 Å². The molecular weight excluding hydrogens is 451 g/mol. The predicted molar refractivity (Wildman–Crippen MR) is 116 cm³/mol. The molecular formula is C22H22F3N7O2. The number of nitrogens with one attached hydrogen (secondary N) is 1.